The molecule has 1 radical (unpaired) electrons. The number of hydrogen-bond donors (Lipinski definition) is 1. The quantitative estimate of drug-likeness (QED) is 0.519. The largest absolute Gasteiger partial charge is 0.393 e. The molecule has 0 heterocycles. The van der Waals surface area contributed by atoms with Crippen LogP contribution in [0.15, 0.2) is 0 Å². The van der Waals surface area contributed by atoms with Gasteiger partial charge in [-0.25, -0.2) is 0 Å². The zero-order valence-corrected chi connectivity index (χ0v) is 4.43. The van der Waals surface area contributed by atoms with E-state index in [-0.39, 0.29) is 6.10 Å². The van der Waals surface area contributed by atoms with Gasteiger partial charge in [0.2, 0.25) is 0 Å². The van der Waals surface area contributed by atoms with Gasteiger partial charge >= 0.3 is 0 Å². The van der Waals surface area contributed by atoms with E-state index in [9.17, 15) is 0 Å². The molecule has 1 rings (SSSR count). The average Bonchev–Trinajstić information content (AvgIpc) is 1.23. The van der Waals surface area contributed by atoms with E-state index in [1.54, 1.807) is 0 Å². The third-order valence-corrected chi connectivity index (χ3v) is 1.69. The molecule has 0 aromatic carbocycles. The van der Waals surface area contributed by atoms with E-state index in [0.29, 0.717) is 5.92 Å². The van der Waals surface area contributed by atoms with Gasteiger partial charge in [0.05, 0.1) is 6.10 Å². The van der Waals surface area contributed by atoms with E-state index >= 15 is 0 Å². The van der Waals surface area contributed by atoms with Gasteiger partial charge in [-0.15, -0.1) is 0 Å². The molecule has 7 heavy (non-hydrogen) atoms. The van der Waals surface area contributed by atoms with Gasteiger partial charge in [0, 0.05) is 0 Å². The van der Waals surface area contributed by atoms with Crippen molar-refractivity contribution < 1.29 is 5.11 Å². The van der Waals surface area contributed by atoms with Crippen molar-refractivity contribution >= 4 is 0 Å². The molecule has 1 aliphatic rings. The van der Waals surface area contributed by atoms with Gasteiger partial charge in [-0.05, 0) is 25.7 Å². The van der Waals surface area contributed by atoms with E-state index < -0.39 is 0 Å². The SMILES string of the molecule is [CH2]C(O)C1CCC1. The van der Waals surface area contributed by atoms with E-state index in [1.165, 1.54) is 19.3 Å². The molecular weight excluding hydrogens is 88.1 g/mol. The number of aliphatic hydroxyl groups is 1. The first-order valence-electron chi connectivity index (χ1n) is 2.82. The molecule has 0 saturated heterocycles. The molecule has 41 valence electrons. The van der Waals surface area contributed by atoms with Crippen LogP contribution in [0, 0.1) is 12.8 Å². The van der Waals surface area contributed by atoms with Crippen molar-refractivity contribution in [2.45, 2.75) is 25.4 Å². The first kappa shape index (κ1) is 5.10. The zero-order chi connectivity index (χ0) is 5.28. The molecule has 1 aliphatic carbocycles. The highest BCUT2D eigenvalue weighted by Crippen LogP contribution is 2.28. The maximum absolute atomic E-state index is 8.76. The Hall–Kier alpha value is -0.0400. The summed E-state index contributed by atoms with van der Waals surface area (Å²) in [5, 5.41) is 8.76. The van der Waals surface area contributed by atoms with E-state index in [2.05, 4.69) is 6.92 Å². The molecule has 1 saturated carbocycles. The van der Waals surface area contributed by atoms with Gasteiger partial charge in [0.1, 0.15) is 0 Å². The minimum absolute atomic E-state index is 0.297. The summed E-state index contributed by atoms with van der Waals surface area (Å²) >= 11 is 0. The summed E-state index contributed by atoms with van der Waals surface area (Å²) in [6.07, 6.45) is 3.36. The van der Waals surface area contributed by atoms with Gasteiger partial charge in [-0.2, -0.15) is 0 Å². The van der Waals surface area contributed by atoms with Crippen molar-refractivity contribution in [2.75, 3.05) is 0 Å². The van der Waals surface area contributed by atoms with Gasteiger partial charge in [-0.3, -0.25) is 0 Å². The van der Waals surface area contributed by atoms with Gasteiger partial charge in [-0.1, -0.05) is 6.42 Å². The molecule has 0 amide bonds. The lowest BCUT2D eigenvalue weighted by atomic mass is 9.82. The van der Waals surface area contributed by atoms with Crippen LogP contribution < -0.4 is 0 Å². The lowest BCUT2D eigenvalue weighted by molar-refractivity contribution is 0.0984. The Labute approximate surface area is 44.4 Å². The van der Waals surface area contributed by atoms with Crippen LogP contribution in [0.4, 0.5) is 0 Å². The lowest BCUT2D eigenvalue weighted by Crippen LogP contribution is -2.23. The third kappa shape index (κ3) is 0.942. The van der Waals surface area contributed by atoms with Crippen LogP contribution in [0.2, 0.25) is 0 Å². The van der Waals surface area contributed by atoms with Crippen molar-refractivity contribution in [3.8, 4) is 0 Å². The fraction of sp³-hybridized carbons (Fsp3) is 0.833. The highest BCUT2D eigenvalue weighted by molar-refractivity contribution is 4.77. The normalized spacial score (nSPS) is 26.6. The predicted molar refractivity (Wildman–Crippen MR) is 28.7 cm³/mol. The van der Waals surface area contributed by atoms with Crippen LogP contribution in [0.5, 0.6) is 0 Å². The standard InChI is InChI=1S/C6H11O/c1-5(7)6-3-2-4-6/h5-7H,1-4H2. The minimum atomic E-state index is -0.297. The van der Waals surface area contributed by atoms with Crippen molar-refractivity contribution in [3.63, 3.8) is 0 Å². The summed E-state index contributed by atoms with van der Waals surface area (Å²) in [7, 11) is 0. The Kier molecular flexibility index (Phi) is 1.33. The molecule has 1 unspecified atom stereocenters. The molecular formula is C6H11O. The highest BCUT2D eigenvalue weighted by Gasteiger charge is 2.21. The summed E-state index contributed by atoms with van der Waals surface area (Å²) in [5.74, 6) is 0.528. The van der Waals surface area contributed by atoms with Gasteiger partial charge in [0.25, 0.3) is 0 Å². The molecule has 1 heteroatoms. The molecule has 0 bridgehead atoms. The second kappa shape index (κ2) is 1.83. The van der Waals surface area contributed by atoms with Crippen molar-refractivity contribution in [1.29, 1.82) is 0 Å². The van der Waals surface area contributed by atoms with E-state index in [4.69, 9.17) is 5.11 Å². The van der Waals surface area contributed by atoms with Crippen LogP contribution in [-0.2, 0) is 0 Å². The minimum Gasteiger partial charge on any atom is -0.393 e. The first-order chi connectivity index (χ1) is 3.30. The zero-order valence-electron chi connectivity index (χ0n) is 4.43. The summed E-state index contributed by atoms with van der Waals surface area (Å²) in [6.45, 7) is 3.52. The predicted octanol–water partition coefficient (Wildman–Crippen LogP) is 0.981. The maximum atomic E-state index is 8.76. The molecule has 1 nitrogen and oxygen atoms in total. The lowest BCUT2D eigenvalue weighted by Gasteiger charge is -2.27. The smallest absolute Gasteiger partial charge is 0.0569 e. The summed E-state index contributed by atoms with van der Waals surface area (Å²) in [6, 6.07) is 0. The van der Waals surface area contributed by atoms with Crippen LogP contribution in [0.25, 0.3) is 0 Å². The fourth-order valence-corrected chi connectivity index (χ4v) is 0.825. The van der Waals surface area contributed by atoms with Gasteiger partial charge in [0.15, 0.2) is 0 Å². The van der Waals surface area contributed by atoms with E-state index in [1.807, 2.05) is 0 Å². The Morgan fingerprint density at radius 2 is 2.14 bits per heavy atom. The fourth-order valence-electron chi connectivity index (χ4n) is 0.825. The topological polar surface area (TPSA) is 20.2 Å². The van der Waals surface area contributed by atoms with E-state index in [0.717, 1.165) is 0 Å². The molecule has 1 N–H and O–H groups in total. The second-order valence-electron chi connectivity index (χ2n) is 2.26. The summed E-state index contributed by atoms with van der Waals surface area (Å²) in [5.41, 5.74) is 0. The Balaban J connectivity index is 2.14. The van der Waals surface area contributed by atoms with Crippen LogP contribution in [0.1, 0.15) is 19.3 Å². The third-order valence-electron chi connectivity index (χ3n) is 1.69. The summed E-state index contributed by atoms with van der Waals surface area (Å²) < 4.78 is 0. The molecule has 1 fully saturated rings. The second-order valence-corrected chi connectivity index (χ2v) is 2.26. The number of aliphatic hydroxyl groups excluding tert-OH is 1. The Morgan fingerprint density at radius 3 is 2.14 bits per heavy atom. The van der Waals surface area contributed by atoms with Crippen molar-refractivity contribution in [2.24, 2.45) is 5.92 Å². The molecule has 0 aromatic heterocycles. The maximum Gasteiger partial charge on any atom is 0.0569 e. The van der Waals surface area contributed by atoms with Crippen LogP contribution in [0.3, 0.4) is 0 Å². The van der Waals surface area contributed by atoms with Crippen LogP contribution in [-0.4, -0.2) is 11.2 Å². The summed E-state index contributed by atoms with van der Waals surface area (Å²) in [4.78, 5) is 0. The molecule has 1 atom stereocenters. The molecule has 0 aromatic rings. The van der Waals surface area contributed by atoms with Crippen molar-refractivity contribution in [3.05, 3.63) is 6.92 Å². The molecule has 0 spiro atoms. The number of rotatable bonds is 1. The molecule has 0 aliphatic heterocycles. The highest BCUT2D eigenvalue weighted by atomic mass is 16.3. The Bertz CT molecular complexity index is 55.2. The van der Waals surface area contributed by atoms with Crippen molar-refractivity contribution in [1.82, 2.24) is 0 Å². The monoisotopic (exact) mass is 99.1 g/mol. The van der Waals surface area contributed by atoms with Gasteiger partial charge < -0.3 is 5.11 Å². The first-order valence-corrected chi connectivity index (χ1v) is 2.82. The average molecular weight is 99.2 g/mol. The van der Waals surface area contributed by atoms with Crippen LogP contribution >= 0.6 is 0 Å². The Morgan fingerprint density at radius 1 is 1.57 bits per heavy atom. The number of hydrogen-bond acceptors (Lipinski definition) is 1.